The molecule has 0 saturated carbocycles. The molecule has 27 heavy (non-hydrogen) atoms. The number of hydrogen-bond acceptors (Lipinski definition) is 6. The van der Waals surface area contributed by atoms with Crippen molar-refractivity contribution in [3.8, 4) is 5.75 Å². The molecule has 4 aromatic rings. The molecule has 1 amide bonds. The van der Waals surface area contributed by atoms with Crippen LogP contribution in [0.3, 0.4) is 0 Å². The van der Waals surface area contributed by atoms with Crippen molar-refractivity contribution < 1.29 is 14.1 Å². The molecule has 0 saturated heterocycles. The van der Waals surface area contributed by atoms with Gasteiger partial charge < -0.3 is 14.6 Å². The van der Waals surface area contributed by atoms with E-state index in [0.717, 1.165) is 0 Å². The molecule has 2 aromatic heterocycles. The van der Waals surface area contributed by atoms with Gasteiger partial charge >= 0.3 is 0 Å². The van der Waals surface area contributed by atoms with E-state index in [1.165, 1.54) is 0 Å². The van der Waals surface area contributed by atoms with Gasteiger partial charge in [0.1, 0.15) is 5.75 Å². The molecular weight excluding hydrogens is 350 g/mol. The average molecular weight is 365 g/mol. The molecule has 2 heterocycles. The van der Waals surface area contributed by atoms with Crippen molar-refractivity contribution in [1.29, 1.82) is 0 Å². The van der Waals surface area contributed by atoms with Gasteiger partial charge in [0.15, 0.2) is 12.4 Å². The number of H-pyrrole nitrogens is 2. The molecule has 9 nitrogen and oxygen atoms in total. The largest absolute Gasteiger partial charge is 0.484 e. The lowest BCUT2D eigenvalue weighted by Gasteiger charge is -2.07. The van der Waals surface area contributed by atoms with E-state index in [1.54, 1.807) is 49.4 Å². The number of aromatic amines is 2. The number of hydrogen-bond donors (Lipinski definition) is 3. The highest BCUT2D eigenvalue weighted by Gasteiger charge is 2.09. The van der Waals surface area contributed by atoms with Crippen LogP contribution in [0.25, 0.3) is 10.9 Å². The Kier molecular flexibility index (Phi) is 4.17. The summed E-state index contributed by atoms with van der Waals surface area (Å²) in [6.07, 6.45) is 0. The van der Waals surface area contributed by atoms with Gasteiger partial charge in [0, 0.05) is 11.3 Å². The fourth-order valence-electron chi connectivity index (χ4n) is 2.56. The fourth-order valence-corrected chi connectivity index (χ4v) is 2.56. The van der Waals surface area contributed by atoms with Crippen molar-refractivity contribution >= 4 is 22.5 Å². The normalized spacial score (nSPS) is 10.9. The van der Waals surface area contributed by atoms with Gasteiger partial charge in [0.2, 0.25) is 0 Å². The molecule has 0 aliphatic heterocycles. The number of aromatic nitrogens is 4. The molecule has 9 heteroatoms. The van der Waals surface area contributed by atoms with E-state index in [2.05, 4.69) is 25.7 Å². The Morgan fingerprint density at radius 2 is 2.00 bits per heavy atom. The third-order valence-electron chi connectivity index (χ3n) is 3.88. The Morgan fingerprint density at radius 1 is 1.19 bits per heavy atom. The molecule has 136 valence electrons. The number of amides is 1. The smallest absolute Gasteiger partial charge is 0.271 e. The molecule has 0 aliphatic rings. The molecule has 0 radical (unpaired) electrons. The first kappa shape index (κ1) is 16.6. The van der Waals surface area contributed by atoms with E-state index in [4.69, 9.17) is 9.26 Å². The minimum Gasteiger partial charge on any atom is -0.484 e. The zero-order chi connectivity index (χ0) is 18.8. The van der Waals surface area contributed by atoms with E-state index in [-0.39, 0.29) is 18.1 Å². The predicted octanol–water partition coefficient (Wildman–Crippen LogP) is 2.38. The number of carbonyl (C=O) groups is 1. The SMILES string of the molecule is Cc1noc(COc2ccc(NC(=O)c3ccc4c(=O)[nH][nH]c4c3)cc2)n1. The number of benzene rings is 2. The molecule has 0 fully saturated rings. The maximum atomic E-state index is 12.4. The summed E-state index contributed by atoms with van der Waals surface area (Å²) in [7, 11) is 0. The van der Waals surface area contributed by atoms with Gasteiger partial charge in [-0.3, -0.25) is 19.8 Å². The van der Waals surface area contributed by atoms with Crippen LogP contribution in [0.1, 0.15) is 22.1 Å². The third kappa shape index (κ3) is 3.56. The lowest BCUT2D eigenvalue weighted by atomic mass is 10.1. The summed E-state index contributed by atoms with van der Waals surface area (Å²) in [5.74, 6) is 1.26. The van der Waals surface area contributed by atoms with Crippen LogP contribution in [0.15, 0.2) is 51.8 Å². The lowest BCUT2D eigenvalue weighted by molar-refractivity contribution is 0.102. The number of rotatable bonds is 5. The summed E-state index contributed by atoms with van der Waals surface area (Å²) in [5.41, 5.74) is 1.41. The summed E-state index contributed by atoms with van der Waals surface area (Å²) in [4.78, 5) is 28.0. The summed E-state index contributed by atoms with van der Waals surface area (Å²) < 4.78 is 10.5. The molecule has 4 rings (SSSR count). The minimum absolute atomic E-state index is 0.168. The highest BCUT2D eigenvalue weighted by molar-refractivity contribution is 6.06. The highest BCUT2D eigenvalue weighted by Crippen LogP contribution is 2.18. The van der Waals surface area contributed by atoms with E-state index in [0.29, 0.717) is 39.6 Å². The number of nitrogens with zero attached hydrogens (tertiary/aromatic N) is 2. The van der Waals surface area contributed by atoms with Crippen molar-refractivity contribution in [1.82, 2.24) is 20.3 Å². The number of fused-ring (bicyclic) bond motifs is 1. The Labute approximate surface area is 152 Å². The number of ether oxygens (including phenoxy) is 1. The van der Waals surface area contributed by atoms with Crippen LogP contribution in [0.4, 0.5) is 5.69 Å². The second-order valence-electron chi connectivity index (χ2n) is 5.84. The van der Waals surface area contributed by atoms with Crippen LogP contribution < -0.4 is 15.6 Å². The number of anilines is 1. The predicted molar refractivity (Wildman–Crippen MR) is 96.7 cm³/mol. The van der Waals surface area contributed by atoms with Gasteiger partial charge in [-0.2, -0.15) is 4.98 Å². The first-order chi connectivity index (χ1) is 13.1. The molecule has 2 aromatic carbocycles. The van der Waals surface area contributed by atoms with Crippen LogP contribution >= 0.6 is 0 Å². The van der Waals surface area contributed by atoms with Crippen LogP contribution in [0.5, 0.6) is 5.75 Å². The van der Waals surface area contributed by atoms with Crippen molar-refractivity contribution in [3.63, 3.8) is 0 Å². The van der Waals surface area contributed by atoms with Crippen LogP contribution in [-0.2, 0) is 6.61 Å². The van der Waals surface area contributed by atoms with Crippen LogP contribution in [-0.4, -0.2) is 26.2 Å². The van der Waals surface area contributed by atoms with Gasteiger partial charge in [0.25, 0.3) is 17.4 Å². The second kappa shape index (κ2) is 6.79. The van der Waals surface area contributed by atoms with Gasteiger partial charge in [0.05, 0.1) is 10.9 Å². The minimum atomic E-state index is -0.283. The number of aryl methyl sites for hydroxylation is 1. The van der Waals surface area contributed by atoms with E-state index < -0.39 is 0 Å². The molecule has 0 aliphatic carbocycles. The Bertz CT molecular complexity index is 1160. The fraction of sp³-hybridized carbons (Fsp3) is 0.111. The quantitative estimate of drug-likeness (QED) is 0.498. The molecule has 0 atom stereocenters. The Balaban J connectivity index is 1.40. The maximum Gasteiger partial charge on any atom is 0.271 e. The summed E-state index contributed by atoms with van der Waals surface area (Å²) in [6, 6.07) is 11.7. The summed E-state index contributed by atoms with van der Waals surface area (Å²) in [5, 5.41) is 12.2. The third-order valence-corrected chi connectivity index (χ3v) is 3.88. The maximum absolute atomic E-state index is 12.4. The molecule has 0 unspecified atom stereocenters. The van der Waals surface area contributed by atoms with Gasteiger partial charge in [-0.25, -0.2) is 0 Å². The second-order valence-corrected chi connectivity index (χ2v) is 5.84. The molecule has 3 N–H and O–H groups in total. The lowest BCUT2D eigenvalue weighted by Crippen LogP contribution is -2.11. The Hall–Kier alpha value is -3.88. The summed E-state index contributed by atoms with van der Waals surface area (Å²) in [6.45, 7) is 1.90. The van der Waals surface area contributed by atoms with Gasteiger partial charge in [-0.1, -0.05) is 5.16 Å². The first-order valence-electron chi connectivity index (χ1n) is 8.12. The van der Waals surface area contributed by atoms with Crippen molar-refractivity contribution in [2.75, 3.05) is 5.32 Å². The number of nitrogens with one attached hydrogen (secondary N) is 3. The van der Waals surface area contributed by atoms with E-state index in [1.807, 2.05) is 0 Å². The summed E-state index contributed by atoms with van der Waals surface area (Å²) >= 11 is 0. The van der Waals surface area contributed by atoms with E-state index >= 15 is 0 Å². The van der Waals surface area contributed by atoms with Gasteiger partial charge in [-0.15, -0.1) is 0 Å². The van der Waals surface area contributed by atoms with Gasteiger partial charge in [-0.05, 0) is 49.4 Å². The monoisotopic (exact) mass is 365 g/mol. The van der Waals surface area contributed by atoms with Crippen molar-refractivity contribution in [2.24, 2.45) is 0 Å². The first-order valence-corrected chi connectivity index (χ1v) is 8.12. The molecular formula is C18H15N5O4. The standard InChI is InChI=1S/C18H15N5O4/c1-10-19-16(27-23-10)9-26-13-5-3-12(4-6-13)20-17(24)11-2-7-14-15(8-11)21-22-18(14)25/h2-8H,9H2,1H3,(H,20,24)(H2,21,22,25). The topological polar surface area (TPSA) is 126 Å². The average Bonchev–Trinajstić information content (AvgIpc) is 3.26. The van der Waals surface area contributed by atoms with Crippen LogP contribution in [0, 0.1) is 6.92 Å². The zero-order valence-electron chi connectivity index (χ0n) is 14.3. The number of carbonyl (C=O) groups excluding carboxylic acids is 1. The molecule has 0 spiro atoms. The van der Waals surface area contributed by atoms with Crippen molar-refractivity contribution in [3.05, 3.63) is 70.1 Å². The zero-order valence-corrected chi connectivity index (χ0v) is 14.3. The van der Waals surface area contributed by atoms with E-state index in [9.17, 15) is 9.59 Å². The van der Waals surface area contributed by atoms with Crippen LogP contribution in [0.2, 0.25) is 0 Å². The van der Waals surface area contributed by atoms with Crippen molar-refractivity contribution in [2.45, 2.75) is 13.5 Å². The molecule has 0 bridgehead atoms. The highest BCUT2D eigenvalue weighted by atomic mass is 16.5. The Morgan fingerprint density at radius 3 is 2.74 bits per heavy atom.